The van der Waals surface area contributed by atoms with E-state index in [1.54, 1.807) is 11.3 Å². The van der Waals surface area contributed by atoms with Gasteiger partial charge >= 0.3 is 6.18 Å². The van der Waals surface area contributed by atoms with Gasteiger partial charge in [0.15, 0.2) is 0 Å². The molecule has 1 aliphatic rings. The molecule has 1 fully saturated rings. The SMILES string of the molecule is O=S(=O)(c1ccccc1C(F)(F)F)N1CCCN(Cc2ccsc2)CC1. The summed E-state index contributed by atoms with van der Waals surface area (Å²) in [4.78, 5) is 1.46. The molecule has 0 spiro atoms. The third-order valence-electron chi connectivity index (χ3n) is 4.34. The molecule has 1 aromatic carbocycles. The predicted octanol–water partition coefficient (Wildman–Crippen LogP) is 3.66. The number of alkyl halides is 3. The van der Waals surface area contributed by atoms with Crippen molar-refractivity contribution >= 4 is 21.4 Å². The van der Waals surface area contributed by atoms with Crippen LogP contribution in [0.1, 0.15) is 17.5 Å². The van der Waals surface area contributed by atoms with Gasteiger partial charge in [-0.3, -0.25) is 4.90 Å². The molecule has 0 N–H and O–H groups in total. The Balaban J connectivity index is 1.78. The number of nitrogens with zero attached hydrogens (tertiary/aromatic N) is 2. The quantitative estimate of drug-likeness (QED) is 0.781. The molecular formula is C17H19F3N2O2S2. The van der Waals surface area contributed by atoms with Crippen molar-refractivity contribution in [2.45, 2.75) is 24.0 Å². The van der Waals surface area contributed by atoms with Gasteiger partial charge in [-0.1, -0.05) is 12.1 Å². The highest BCUT2D eigenvalue weighted by Gasteiger charge is 2.39. The summed E-state index contributed by atoms with van der Waals surface area (Å²) in [5.41, 5.74) is 0.0492. The Morgan fingerprint density at radius 1 is 1.04 bits per heavy atom. The standard InChI is InChI=1S/C17H19F3N2O2S2/c18-17(19,20)15-4-1-2-5-16(15)26(23,24)22-8-3-7-21(9-10-22)12-14-6-11-25-13-14/h1-2,4-6,11,13H,3,7-10,12H2. The summed E-state index contributed by atoms with van der Waals surface area (Å²) in [5, 5.41) is 4.02. The molecule has 4 nitrogen and oxygen atoms in total. The summed E-state index contributed by atoms with van der Waals surface area (Å²) >= 11 is 1.60. The third kappa shape index (κ3) is 4.28. The Labute approximate surface area is 154 Å². The average molecular weight is 404 g/mol. The van der Waals surface area contributed by atoms with E-state index in [0.717, 1.165) is 24.2 Å². The molecule has 0 saturated carbocycles. The van der Waals surface area contributed by atoms with E-state index < -0.39 is 26.7 Å². The van der Waals surface area contributed by atoms with Crippen molar-refractivity contribution in [3.63, 3.8) is 0 Å². The lowest BCUT2D eigenvalue weighted by Crippen LogP contribution is -2.36. The van der Waals surface area contributed by atoms with Gasteiger partial charge in [0.2, 0.25) is 10.0 Å². The molecule has 2 aromatic rings. The highest BCUT2D eigenvalue weighted by Crippen LogP contribution is 2.35. The van der Waals surface area contributed by atoms with Crippen molar-refractivity contribution in [2.75, 3.05) is 26.2 Å². The van der Waals surface area contributed by atoms with Crippen molar-refractivity contribution in [1.82, 2.24) is 9.21 Å². The van der Waals surface area contributed by atoms with Crippen LogP contribution >= 0.6 is 11.3 Å². The number of rotatable bonds is 4. The molecule has 9 heteroatoms. The normalized spacial score (nSPS) is 18.0. The Morgan fingerprint density at radius 3 is 2.50 bits per heavy atom. The molecule has 0 atom stereocenters. The average Bonchev–Trinajstić information content (AvgIpc) is 2.98. The first-order valence-electron chi connectivity index (χ1n) is 8.18. The van der Waals surface area contributed by atoms with Crippen LogP contribution in [-0.2, 0) is 22.7 Å². The zero-order valence-electron chi connectivity index (χ0n) is 13.9. The smallest absolute Gasteiger partial charge is 0.298 e. The van der Waals surface area contributed by atoms with Crippen LogP contribution in [0.5, 0.6) is 0 Å². The van der Waals surface area contributed by atoms with Crippen molar-refractivity contribution in [3.05, 3.63) is 52.2 Å². The minimum atomic E-state index is -4.71. The summed E-state index contributed by atoms with van der Waals surface area (Å²) in [6.07, 6.45) is -4.13. The van der Waals surface area contributed by atoms with Crippen molar-refractivity contribution in [2.24, 2.45) is 0 Å². The van der Waals surface area contributed by atoms with Crippen LogP contribution in [0.2, 0.25) is 0 Å². The van der Waals surface area contributed by atoms with E-state index in [-0.39, 0.29) is 13.1 Å². The number of halogens is 3. The lowest BCUT2D eigenvalue weighted by atomic mass is 10.2. The predicted molar refractivity (Wildman–Crippen MR) is 94.4 cm³/mol. The summed E-state index contributed by atoms with van der Waals surface area (Å²) in [5.74, 6) is 0. The molecule has 0 unspecified atom stereocenters. The molecule has 1 aliphatic heterocycles. The highest BCUT2D eigenvalue weighted by atomic mass is 32.2. The van der Waals surface area contributed by atoms with Crippen LogP contribution in [0, 0.1) is 0 Å². The molecule has 2 heterocycles. The van der Waals surface area contributed by atoms with Gasteiger partial charge in [-0.25, -0.2) is 8.42 Å². The lowest BCUT2D eigenvalue weighted by molar-refractivity contribution is -0.139. The molecule has 142 valence electrons. The molecule has 0 aliphatic carbocycles. The Kier molecular flexibility index (Phi) is 5.71. The van der Waals surface area contributed by atoms with E-state index in [4.69, 9.17) is 0 Å². The maximum absolute atomic E-state index is 13.2. The van der Waals surface area contributed by atoms with Crippen LogP contribution in [0.4, 0.5) is 13.2 Å². The fraction of sp³-hybridized carbons (Fsp3) is 0.412. The van der Waals surface area contributed by atoms with E-state index in [2.05, 4.69) is 4.90 Å². The first-order chi connectivity index (χ1) is 12.3. The van der Waals surface area contributed by atoms with Crippen LogP contribution in [0.3, 0.4) is 0 Å². The van der Waals surface area contributed by atoms with Gasteiger partial charge in [-0.2, -0.15) is 28.8 Å². The summed E-state index contributed by atoms with van der Waals surface area (Å²) in [6.45, 7) is 2.32. The number of hydrogen-bond donors (Lipinski definition) is 0. The van der Waals surface area contributed by atoms with Crippen LogP contribution < -0.4 is 0 Å². The zero-order valence-corrected chi connectivity index (χ0v) is 15.6. The minimum absolute atomic E-state index is 0.179. The molecule has 26 heavy (non-hydrogen) atoms. The molecule has 0 amide bonds. The van der Waals surface area contributed by atoms with Crippen LogP contribution in [0.25, 0.3) is 0 Å². The second-order valence-corrected chi connectivity index (χ2v) is 8.85. The van der Waals surface area contributed by atoms with Crippen LogP contribution in [-0.4, -0.2) is 43.8 Å². The number of sulfonamides is 1. The van der Waals surface area contributed by atoms with Crippen molar-refractivity contribution in [1.29, 1.82) is 0 Å². The van der Waals surface area contributed by atoms with E-state index in [9.17, 15) is 21.6 Å². The van der Waals surface area contributed by atoms with Gasteiger partial charge in [-0.15, -0.1) is 0 Å². The van der Waals surface area contributed by atoms with Gasteiger partial charge in [0.05, 0.1) is 10.5 Å². The topological polar surface area (TPSA) is 40.6 Å². The highest BCUT2D eigenvalue weighted by molar-refractivity contribution is 7.89. The van der Waals surface area contributed by atoms with Gasteiger partial charge in [0.25, 0.3) is 0 Å². The first-order valence-corrected chi connectivity index (χ1v) is 10.6. The van der Waals surface area contributed by atoms with Crippen LogP contribution in [0.15, 0.2) is 46.0 Å². The second-order valence-electron chi connectivity index (χ2n) is 6.16. The summed E-state index contributed by atoms with van der Waals surface area (Å²) < 4.78 is 66.5. The summed E-state index contributed by atoms with van der Waals surface area (Å²) in [6, 6.07) is 6.39. The molecule has 1 aromatic heterocycles. The monoisotopic (exact) mass is 404 g/mol. The van der Waals surface area contributed by atoms with Crippen molar-refractivity contribution < 1.29 is 21.6 Å². The largest absolute Gasteiger partial charge is 0.417 e. The molecule has 3 rings (SSSR count). The fourth-order valence-electron chi connectivity index (χ4n) is 3.05. The first kappa shape index (κ1) is 19.3. The number of thiophene rings is 1. The van der Waals surface area contributed by atoms with Gasteiger partial charge in [0, 0.05) is 26.2 Å². The summed E-state index contributed by atoms with van der Waals surface area (Å²) in [7, 11) is -4.20. The van der Waals surface area contributed by atoms with E-state index >= 15 is 0 Å². The third-order valence-corrected chi connectivity index (χ3v) is 7.03. The molecule has 1 saturated heterocycles. The lowest BCUT2D eigenvalue weighted by Gasteiger charge is -2.23. The van der Waals surface area contributed by atoms with Gasteiger partial charge < -0.3 is 0 Å². The van der Waals surface area contributed by atoms with E-state index in [0.29, 0.717) is 19.5 Å². The molecule has 0 bridgehead atoms. The second kappa shape index (κ2) is 7.67. The van der Waals surface area contributed by atoms with Crippen molar-refractivity contribution in [3.8, 4) is 0 Å². The Morgan fingerprint density at radius 2 is 1.81 bits per heavy atom. The maximum Gasteiger partial charge on any atom is 0.417 e. The fourth-order valence-corrected chi connectivity index (χ4v) is 5.39. The van der Waals surface area contributed by atoms with Gasteiger partial charge in [0.1, 0.15) is 0 Å². The number of benzene rings is 1. The maximum atomic E-state index is 13.2. The molecular weight excluding hydrogens is 385 g/mol. The Bertz CT molecular complexity index is 836. The van der Waals surface area contributed by atoms with Gasteiger partial charge in [-0.05, 0) is 47.5 Å². The number of hydrogen-bond acceptors (Lipinski definition) is 4. The Hall–Kier alpha value is -1.42. The minimum Gasteiger partial charge on any atom is -0.298 e. The molecule has 0 radical (unpaired) electrons. The van der Waals surface area contributed by atoms with E-state index in [1.165, 1.54) is 16.4 Å². The van der Waals surface area contributed by atoms with E-state index in [1.807, 2.05) is 16.8 Å². The zero-order chi connectivity index (χ0) is 18.8.